The van der Waals surface area contributed by atoms with Gasteiger partial charge in [-0.2, -0.15) is 0 Å². The fourth-order valence-electron chi connectivity index (χ4n) is 1.99. The Kier molecular flexibility index (Phi) is 3.24. The van der Waals surface area contributed by atoms with E-state index in [1.54, 1.807) is 24.3 Å². The number of rotatable bonds is 4. The molecule has 0 saturated carbocycles. The molecule has 0 aliphatic carbocycles. The second-order valence-corrected chi connectivity index (χ2v) is 4.03. The Labute approximate surface area is 101 Å². The van der Waals surface area contributed by atoms with Crippen LogP contribution in [0.5, 0.6) is 0 Å². The van der Waals surface area contributed by atoms with Gasteiger partial charge in [0, 0.05) is 0 Å². The van der Waals surface area contributed by atoms with Crippen LogP contribution in [0, 0.1) is 0 Å². The van der Waals surface area contributed by atoms with Gasteiger partial charge in [-0.15, -0.1) is 0 Å². The third-order valence-electron chi connectivity index (χ3n) is 3.11. The van der Waals surface area contributed by atoms with E-state index in [0.29, 0.717) is 17.8 Å². The summed E-state index contributed by atoms with van der Waals surface area (Å²) in [6.45, 7) is 6.05. The Morgan fingerprint density at radius 3 is 1.88 bits per heavy atom. The Morgan fingerprint density at radius 1 is 1.00 bits per heavy atom. The second-order valence-electron chi connectivity index (χ2n) is 4.03. The van der Waals surface area contributed by atoms with Gasteiger partial charge in [0.05, 0.1) is 17.8 Å². The summed E-state index contributed by atoms with van der Waals surface area (Å²) in [4.78, 5) is 27.5. The van der Waals surface area contributed by atoms with Crippen LogP contribution in [0.15, 0.2) is 24.3 Å². The highest BCUT2D eigenvalue weighted by molar-refractivity contribution is 6.21. The van der Waals surface area contributed by atoms with E-state index in [0.717, 1.165) is 13.1 Å². The SMILES string of the molecule is CCN(CC)CN1C(=O)c2ccccc2C1=O. The predicted octanol–water partition coefficient (Wildman–Crippen LogP) is 1.58. The van der Waals surface area contributed by atoms with Crippen molar-refractivity contribution in [3.05, 3.63) is 35.4 Å². The number of imide groups is 1. The Balaban J connectivity index is 2.24. The molecule has 0 spiro atoms. The lowest BCUT2D eigenvalue weighted by molar-refractivity contribution is 0.0552. The molecule has 0 saturated heterocycles. The van der Waals surface area contributed by atoms with Crippen molar-refractivity contribution in [1.29, 1.82) is 0 Å². The highest BCUT2D eigenvalue weighted by Crippen LogP contribution is 2.22. The first-order chi connectivity index (χ1) is 8.19. The summed E-state index contributed by atoms with van der Waals surface area (Å²) in [5, 5.41) is 0. The predicted molar refractivity (Wildman–Crippen MR) is 64.7 cm³/mol. The summed E-state index contributed by atoms with van der Waals surface area (Å²) in [7, 11) is 0. The maximum Gasteiger partial charge on any atom is 0.262 e. The largest absolute Gasteiger partial charge is 0.286 e. The smallest absolute Gasteiger partial charge is 0.262 e. The monoisotopic (exact) mass is 232 g/mol. The minimum Gasteiger partial charge on any atom is -0.286 e. The zero-order chi connectivity index (χ0) is 12.4. The molecule has 0 N–H and O–H groups in total. The van der Waals surface area contributed by atoms with E-state index in [2.05, 4.69) is 0 Å². The lowest BCUT2D eigenvalue weighted by atomic mass is 10.1. The van der Waals surface area contributed by atoms with E-state index in [-0.39, 0.29) is 11.8 Å². The highest BCUT2D eigenvalue weighted by atomic mass is 16.2. The van der Waals surface area contributed by atoms with Gasteiger partial charge >= 0.3 is 0 Å². The van der Waals surface area contributed by atoms with E-state index in [1.165, 1.54) is 4.90 Å². The van der Waals surface area contributed by atoms with Crippen molar-refractivity contribution < 1.29 is 9.59 Å². The Bertz CT molecular complexity index is 417. The molecular formula is C13H16N2O2. The van der Waals surface area contributed by atoms with Gasteiger partial charge in [0.25, 0.3) is 11.8 Å². The number of carbonyl (C=O) groups excluding carboxylic acids is 2. The summed E-state index contributed by atoms with van der Waals surface area (Å²) in [6.07, 6.45) is 0. The average Bonchev–Trinajstić information content (AvgIpc) is 2.61. The number of fused-ring (bicyclic) bond motifs is 1. The van der Waals surface area contributed by atoms with Crippen LogP contribution in [-0.4, -0.2) is 41.4 Å². The molecule has 4 heteroatoms. The number of benzene rings is 1. The molecular weight excluding hydrogens is 216 g/mol. The van der Waals surface area contributed by atoms with Crippen LogP contribution in [0.4, 0.5) is 0 Å². The summed E-state index contributed by atoms with van der Waals surface area (Å²) in [6, 6.07) is 6.98. The standard InChI is InChI=1S/C13H16N2O2/c1-3-14(4-2)9-15-12(16)10-7-5-6-8-11(10)13(15)17/h5-8H,3-4,9H2,1-2H3. The number of amides is 2. The summed E-state index contributed by atoms with van der Waals surface area (Å²) < 4.78 is 0. The molecule has 2 rings (SSSR count). The topological polar surface area (TPSA) is 40.6 Å². The zero-order valence-electron chi connectivity index (χ0n) is 10.1. The van der Waals surface area contributed by atoms with Crippen molar-refractivity contribution in [3.8, 4) is 0 Å². The molecule has 4 nitrogen and oxygen atoms in total. The molecule has 0 bridgehead atoms. The van der Waals surface area contributed by atoms with Crippen molar-refractivity contribution >= 4 is 11.8 Å². The second kappa shape index (κ2) is 4.67. The number of nitrogens with zero attached hydrogens (tertiary/aromatic N) is 2. The van der Waals surface area contributed by atoms with E-state index in [1.807, 2.05) is 18.7 Å². The van der Waals surface area contributed by atoms with Gasteiger partial charge in [-0.25, -0.2) is 0 Å². The summed E-state index contributed by atoms with van der Waals surface area (Å²) >= 11 is 0. The van der Waals surface area contributed by atoms with Crippen molar-refractivity contribution in [2.45, 2.75) is 13.8 Å². The average molecular weight is 232 g/mol. The molecule has 0 atom stereocenters. The van der Waals surface area contributed by atoms with Crippen LogP contribution >= 0.6 is 0 Å². The van der Waals surface area contributed by atoms with Crippen molar-refractivity contribution in [2.24, 2.45) is 0 Å². The molecule has 1 aromatic carbocycles. The molecule has 0 fully saturated rings. The van der Waals surface area contributed by atoms with Crippen LogP contribution < -0.4 is 0 Å². The van der Waals surface area contributed by atoms with Gasteiger partial charge in [0.1, 0.15) is 0 Å². The minimum atomic E-state index is -0.183. The third kappa shape index (κ3) is 1.96. The minimum absolute atomic E-state index is 0.183. The van der Waals surface area contributed by atoms with E-state index in [9.17, 15) is 9.59 Å². The first-order valence-corrected chi connectivity index (χ1v) is 5.86. The Hall–Kier alpha value is -1.68. The number of hydrogen-bond acceptors (Lipinski definition) is 3. The molecule has 1 aromatic rings. The van der Waals surface area contributed by atoms with Crippen LogP contribution in [0.25, 0.3) is 0 Å². The molecule has 90 valence electrons. The van der Waals surface area contributed by atoms with Gasteiger partial charge in [-0.3, -0.25) is 19.4 Å². The highest BCUT2D eigenvalue weighted by Gasteiger charge is 2.35. The quantitative estimate of drug-likeness (QED) is 0.740. The van der Waals surface area contributed by atoms with E-state index < -0.39 is 0 Å². The lowest BCUT2D eigenvalue weighted by Crippen LogP contribution is -2.41. The van der Waals surface area contributed by atoms with Gasteiger partial charge in [-0.05, 0) is 25.2 Å². The molecule has 1 heterocycles. The van der Waals surface area contributed by atoms with Crippen molar-refractivity contribution in [1.82, 2.24) is 9.80 Å². The van der Waals surface area contributed by atoms with Gasteiger partial charge < -0.3 is 0 Å². The maximum atomic E-state index is 12.1. The van der Waals surface area contributed by atoms with Crippen molar-refractivity contribution in [2.75, 3.05) is 19.8 Å². The van der Waals surface area contributed by atoms with Gasteiger partial charge in [0.15, 0.2) is 0 Å². The molecule has 1 aliphatic rings. The fourth-order valence-corrected chi connectivity index (χ4v) is 1.99. The summed E-state index contributed by atoms with van der Waals surface area (Å²) in [5.74, 6) is -0.366. The van der Waals surface area contributed by atoms with Crippen LogP contribution in [0.1, 0.15) is 34.6 Å². The molecule has 0 aromatic heterocycles. The molecule has 1 aliphatic heterocycles. The van der Waals surface area contributed by atoms with Crippen LogP contribution in [-0.2, 0) is 0 Å². The van der Waals surface area contributed by atoms with Gasteiger partial charge in [0.2, 0.25) is 0 Å². The number of carbonyl (C=O) groups is 2. The van der Waals surface area contributed by atoms with Crippen molar-refractivity contribution in [3.63, 3.8) is 0 Å². The lowest BCUT2D eigenvalue weighted by Gasteiger charge is -2.23. The molecule has 0 unspecified atom stereocenters. The van der Waals surface area contributed by atoms with Gasteiger partial charge in [-0.1, -0.05) is 26.0 Å². The third-order valence-corrected chi connectivity index (χ3v) is 3.11. The first kappa shape index (κ1) is 11.8. The van der Waals surface area contributed by atoms with E-state index >= 15 is 0 Å². The normalized spacial score (nSPS) is 14.6. The summed E-state index contributed by atoms with van der Waals surface area (Å²) in [5.41, 5.74) is 1.04. The molecule has 17 heavy (non-hydrogen) atoms. The first-order valence-electron chi connectivity index (χ1n) is 5.86. The van der Waals surface area contributed by atoms with E-state index in [4.69, 9.17) is 0 Å². The van der Waals surface area contributed by atoms with Crippen LogP contribution in [0.2, 0.25) is 0 Å². The Morgan fingerprint density at radius 2 is 1.47 bits per heavy atom. The maximum absolute atomic E-state index is 12.1. The zero-order valence-corrected chi connectivity index (χ0v) is 10.1. The van der Waals surface area contributed by atoms with Crippen LogP contribution in [0.3, 0.4) is 0 Å². The molecule has 0 radical (unpaired) electrons. The fraction of sp³-hybridized carbons (Fsp3) is 0.385. The number of hydrogen-bond donors (Lipinski definition) is 0. The molecule has 2 amide bonds.